The molecule has 3 amide bonds. The first kappa shape index (κ1) is 22.3. The number of anilines is 2. The van der Waals surface area contributed by atoms with Crippen LogP contribution in [-0.4, -0.2) is 37.5 Å². The molecule has 2 aromatic carbocycles. The van der Waals surface area contributed by atoms with Crippen molar-refractivity contribution in [2.24, 2.45) is 5.92 Å². The lowest BCUT2D eigenvalue weighted by Crippen LogP contribution is -2.34. The molecular weight excluding hydrogens is 364 g/mol. The topological polar surface area (TPSA) is 64.7 Å². The van der Waals surface area contributed by atoms with Gasteiger partial charge >= 0.3 is 6.03 Å². The summed E-state index contributed by atoms with van der Waals surface area (Å²) in [4.78, 5) is 28.7. The van der Waals surface area contributed by atoms with Gasteiger partial charge in [-0.3, -0.25) is 4.79 Å². The van der Waals surface area contributed by atoms with Crippen molar-refractivity contribution in [1.82, 2.24) is 10.2 Å². The molecule has 0 unspecified atom stereocenters. The third-order valence-electron chi connectivity index (χ3n) is 4.54. The number of amides is 3. The van der Waals surface area contributed by atoms with Gasteiger partial charge in [0.15, 0.2) is 0 Å². The first-order valence-electron chi connectivity index (χ1n) is 9.99. The number of carbonyl (C=O) groups excluding carboxylic acids is 2. The van der Waals surface area contributed by atoms with Crippen LogP contribution in [0.25, 0.3) is 0 Å². The molecule has 0 bridgehead atoms. The van der Waals surface area contributed by atoms with Crippen LogP contribution in [0.5, 0.6) is 0 Å². The first-order chi connectivity index (χ1) is 13.8. The molecule has 0 aliphatic carbocycles. The van der Waals surface area contributed by atoms with Crippen LogP contribution in [0, 0.1) is 5.92 Å². The number of hydrogen-bond donors (Lipinski definition) is 2. The Morgan fingerprint density at radius 3 is 2.28 bits per heavy atom. The van der Waals surface area contributed by atoms with E-state index in [9.17, 15) is 9.59 Å². The molecule has 156 valence electrons. The predicted molar refractivity (Wildman–Crippen MR) is 119 cm³/mol. The standard InChI is InChI=1S/C23H32N4O2/c1-6-24-23(29)25-20-12-13-21(26(4)5)19(14-20)16-27(22(28)17(2)3)15-18-10-8-7-9-11-18/h7-14,17H,6,15-16H2,1-5H3,(H2,24,25,29). The normalized spacial score (nSPS) is 10.6. The lowest BCUT2D eigenvalue weighted by molar-refractivity contribution is -0.135. The van der Waals surface area contributed by atoms with Crippen molar-refractivity contribution >= 4 is 23.3 Å². The molecule has 0 saturated carbocycles. The van der Waals surface area contributed by atoms with Gasteiger partial charge in [-0.1, -0.05) is 44.2 Å². The average Bonchev–Trinajstić information content (AvgIpc) is 2.67. The van der Waals surface area contributed by atoms with Gasteiger partial charge in [0.2, 0.25) is 5.91 Å². The van der Waals surface area contributed by atoms with Gasteiger partial charge in [0.05, 0.1) is 0 Å². The molecule has 2 rings (SSSR count). The lowest BCUT2D eigenvalue weighted by Gasteiger charge is -2.28. The minimum Gasteiger partial charge on any atom is -0.377 e. The number of nitrogens with one attached hydrogen (secondary N) is 2. The van der Waals surface area contributed by atoms with E-state index in [0.29, 0.717) is 25.3 Å². The molecule has 29 heavy (non-hydrogen) atoms. The summed E-state index contributed by atoms with van der Waals surface area (Å²) in [6.07, 6.45) is 0. The van der Waals surface area contributed by atoms with Crippen molar-refractivity contribution < 1.29 is 9.59 Å². The number of urea groups is 1. The van der Waals surface area contributed by atoms with Gasteiger partial charge in [0.1, 0.15) is 0 Å². The second-order valence-corrected chi connectivity index (χ2v) is 7.56. The Morgan fingerprint density at radius 1 is 1.00 bits per heavy atom. The Hall–Kier alpha value is -3.02. The lowest BCUT2D eigenvalue weighted by atomic mass is 10.1. The summed E-state index contributed by atoms with van der Waals surface area (Å²) in [5, 5.41) is 5.58. The molecule has 6 heteroatoms. The molecule has 0 aliphatic rings. The van der Waals surface area contributed by atoms with Gasteiger partial charge in [0, 0.05) is 51.0 Å². The highest BCUT2D eigenvalue weighted by Gasteiger charge is 2.20. The molecule has 6 nitrogen and oxygen atoms in total. The van der Waals surface area contributed by atoms with Crippen molar-refractivity contribution in [1.29, 1.82) is 0 Å². The number of rotatable bonds is 8. The summed E-state index contributed by atoms with van der Waals surface area (Å²) in [7, 11) is 3.95. The highest BCUT2D eigenvalue weighted by Crippen LogP contribution is 2.26. The van der Waals surface area contributed by atoms with Crippen LogP contribution in [-0.2, 0) is 17.9 Å². The minimum atomic E-state index is -0.240. The third kappa shape index (κ3) is 6.52. The zero-order valence-corrected chi connectivity index (χ0v) is 18.0. The molecule has 0 aliphatic heterocycles. The zero-order valence-electron chi connectivity index (χ0n) is 18.0. The van der Waals surface area contributed by atoms with Crippen molar-refractivity contribution in [2.75, 3.05) is 30.9 Å². The number of benzene rings is 2. The Labute approximate surface area is 173 Å². The van der Waals surface area contributed by atoms with Gasteiger partial charge in [-0.2, -0.15) is 0 Å². The highest BCUT2D eigenvalue weighted by molar-refractivity contribution is 5.89. The summed E-state index contributed by atoms with van der Waals surface area (Å²) < 4.78 is 0. The van der Waals surface area contributed by atoms with Gasteiger partial charge in [0.25, 0.3) is 0 Å². The maximum absolute atomic E-state index is 12.9. The van der Waals surface area contributed by atoms with Crippen LogP contribution in [0.4, 0.5) is 16.2 Å². The Bertz CT molecular complexity index is 819. The molecular formula is C23H32N4O2. The monoisotopic (exact) mass is 396 g/mol. The summed E-state index contributed by atoms with van der Waals surface area (Å²) in [6.45, 7) is 7.27. The SMILES string of the molecule is CCNC(=O)Nc1ccc(N(C)C)c(CN(Cc2ccccc2)C(=O)C(C)C)c1. The molecule has 0 saturated heterocycles. The predicted octanol–water partition coefficient (Wildman–Crippen LogP) is 4.08. The Kier molecular flexibility index (Phi) is 8.07. The van der Waals surface area contributed by atoms with Crippen LogP contribution in [0.15, 0.2) is 48.5 Å². The molecule has 2 N–H and O–H groups in total. The van der Waals surface area contributed by atoms with E-state index in [1.807, 2.05) is 93.2 Å². The Morgan fingerprint density at radius 2 is 1.69 bits per heavy atom. The fourth-order valence-corrected chi connectivity index (χ4v) is 3.15. The maximum atomic E-state index is 12.9. The van der Waals surface area contributed by atoms with E-state index in [0.717, 1.165) is 16.8 Å². The van der Waals surface area contributed by atoms with E-state index in [1.54, 1.807) is 0 Å². The van der Waals surface area contributed by atoms with Crippen molar-refractivity contribution in [3.63, 3.8) is 0 Å². The average molecular weight is 397 g/mol. The summed E-state index contributed by atoms with van der Waals surface area (Å²) in [5.41, 5.74) is 3.79. The smallest absolute Gasteiger partial charge is 0.319 e. The quantitative estimate of drug-likeness (QED) is 0.707. The van der Waals surface area contributed by atoms with E-state index in [-0.39, 0.29) is 17.9 Å². The summed E-state index contributed by atoms with van der Waals surface area (Å²) in [5.74, 6) is -0.00111. The van der Waals surface area contributed by atoms with Crippen LogP contribution in [0.2, 0.25) is 0 Å². The number of nitrogens with zero attached hydrogens (tertiary/aromatic N) is 2. The van der Waals surface area contributed by atoms with Crippen LogP contribution >= 0.6 is 0 Å². The number of carbonyl (C=O) groups is 2. The molecule has 0 spiro atoms. The third-order valence-corrected chi connectivity index (χ3v) is 4.54. The van der Waals surface area contributed by atoms with E-state index in [2.05, 4.69) is 10.6 Å². The fourth-order valence-electron chi connectivity index (χ4n) is 3.15. The molecule has 0 aromatic heterocycles. The van der Waals surface area contributed by atoms with Crippen LogP contribution < -0.4 is 15.5 Å². The van der Waals surface area contributed by atoms with E-state index in [1.165, 1.54) is 0 Å². The summed E-state index contributed by atoms with van der Waals surface area (Å²) in [6, 6.07) is 15.5. The Balaban J connectivity index is 2.33. The molecule has 0 heterocycles. The van der Waals surface area contributed by atoms with E-state index in [4.69, 9.17) is 0 Å². The van der Waals surface area contributed by atoms with Crippen LogP contribution in [0.3, 0.4) is 0 Å². The fraction of sp³-hybridized carbons (Fsp3) is 0.391. The van der Waals surface area contributed by atoms with Crippen molar-refractivity contribution in [2.45, 2.75) is 33.9 Å². The van der Waals surface area contributed by atoms with Gasteiger partial charge in [-0.05, 0) is 36.2 Å². The van der Waals surface area contributed by atoms with Gasteiger partial charge in [-0.15, -0.1) is 0 Å². The van der Waals surface area contributed by atoms with Crippen molar-refractivity contribution in [3.8, 4) is 0 Å². The molecule has 0 atom stereocenters. The molecule has 0 radical (unpaired) electrons. The second kappa shape index (κ2) is 10.5. The highest BCUT2D eigenvalue weighted by atomic mass is 16.2. The van der Waals surface area contributed by atoms with Gasteiger partial charge in [-0.25, -0.2) is 4.79 Å². The maximum Gasteiger partial charge on any atom is 0.319 e. The van der Waals surface area contributed by atoms with Crippen molar-refractivity contribution in [3.05, 3.63) is 59.7 Å². The second-order valence-electron chi connectivity index (χ2n) is 7.56. The van der Waals surface area contributed by atoms with E-state index < -0.39 is 0 Å². The molecule has 0 fully saturated rings. The summed E-state index contributed by atoms with van der Waals surface area (Å²) >= 11 is 0. The first-order valence-corrected chi connectivity index (χ1v) is 9.99. The largest absolute Gasteiger partial charge is 0.377 e. The van der Waals surface area contributed by atoms with Crippen LogP contribution in [0.1, 0.15) is 31.9 Å². The number of hydrogen-bond acceptors (Lipinski definition) is 3. The molecule has 2 aromatic rings. The van der Waals surface area contributed by atoms with E-state index >= 15 is 0 Å². The van der Waals surface area contributed by atoms with Gasteiger partial charge < -0.3 is 20.4 Å². The zero-order chi connectivity index (χ0) is 21.4. The minimum absolute atomic E-state index is 0.0978.